The predicted octanol–water partition coefficient (Wildman–Crippen LogP) is 3.27. The first-order chi connectivity index (χ1) is 10.6. The minimum Gasteiger partial charge on any atom is -0.316 e. The number of halogens is 2. The Kier molecular flexibility index (Phi) is 7.18. The van der Waals surface area contributed by atoms with E-state index in [0.29, 0.717) is 5.41 Å². The van der Waals surface area contributed by atoms with Crippen LogP contribution >= 0.6 is 24.0 Å². The van der Waals surface area contributed by atoms with Crippen LogP contribution in [0.5, 0.6) is 0 Å². The third kappa shape index (κ3) is 5.61. The number of hydrogen-bond donors (Lipinski definition) is 1. The van der Waals surface area contributed by atoms with E-state index in [1.54, 1.807) is 0 Å². The topological polar surface area (TPSA) is 18.5 Å². The third-order valence-corrected chi connectivity index (χ3v) is 5.31. The molecular formula is C18H29Cl2N3. The van der Waals surface area contributed by atoms with Crippen LogP contribution in [0, 0.1) is 5.41 Å². The summed E-state index contributed by atoms with van der Waals surface area (Å²) in [6.07, 6.45) is 2.59. The summed E-state index contributed by atoms with van der Waals surface area (Å²) in [4.78, 5) is 5.26. The molecule has 0 aromatic heterocycles. The van der Waals surface area contributed by atoms with Crippen LogP contribution in [0.15, 0.2) is 24.3 Å². The predicted molar refractivity (Wildman–Crippen MR) is 101 cm³/mol. The van der Waals surface area contributed by atoms with E-state index in [0.717, 1.165) is 11.6 Å². The summed E-state index contributed by atoms with van der Waals surface area (Å²) < 4.78 is 0. The molecule has 2 fully saturated rings. The molecule has 130 valence electrons. The fourth-order valence-corrected chi connectivity index (χ4v) is 3.86. The van der Waals surface area contributed by atoms with Crippen LogP contribution in [0.2, 0.25) is 5.02 Å². The monoisotopic (exact) mass is 357 g/mol. The number of rotatable bonds is 4. The van der Waals surface area contributed by atoms with Crippen LogP contribution in [0.25, 0.3) is 0 Å². The molecule has 0 aliphatic carbocycles. The van der Waals surface area contributed by atoms with Crippen LogP contribution in [-0.2, 0) is 6.54 Å². The Morgan fingerprint density at radius 2 is 1.78 bits per heavy atom. The smallest absolute Gasteiger partial charge is 0.0406 e. The summed E-state index contributed by atoms with van der Waals surface area (Å²) in [6, 6.07) is 8.29. The highest BCUT2D eigenvalue weighted by Crippen LogP contribution is 2.26. The Morgan fingerprint density at radius 1 is 1.09 bits per heavy atom. The standard InChI is InChI=1S/C18H28ClN3.ClH/c1-18(7-8-20-14-18)15-22-10-2-9-21(11-12-22)13-16-3-5-17(19)6-4-16;/h3-6,20H,2,7-15H2,1H3;1H. The second-order valence-electron chi connectivity index (χ2n) is 7.27. The van der Waals surface area contributed by atoms with Crippen molar-refractivity contribution in [3.63, 3.8) is 0 Å². The van der Waals surface area contributed by atoms with E-state index < -0.39 is 0 Å². The Morgan fingerprint density at radius 3 is 2.48 bits per heavy atom. The summed E-state index contributed by atoms with van der Waals surface area (Å²) in [5, 5.41) is 4.34. The Labute approximate surface area is 151 Å². The van der Waals surface area contributed by atoms with Crippen LogP contribution in [-0.4, -0.2) is 55.6 Å². The second kappa shape index (κ2) is 8.68. The molecule has 2 aliphatic rings. The van der Waals surface area contributed by atoms with Crippen LogP contribution in [0.4, 0.5) is 0 Å². The molecule has 0 spiro atoms. The molecule has 2 aliphatic heterocycles. The van der Waals surface area contributed by atoms with Gasteiger partial charge in [-0.2, -0.15) is 0 Å². The van der Waals surface area contributed by atoms with E-state index in [2.05, 4.69) is 34.2 Å². The zero-order chi connectivity index (χ0) is 15.4. The fourth-order valence-electron chi connectivity index (χ4n) is 3.73. The van der Waals surface area contributed by atoms with Crippen molar-refractivity contribution in [1.82, 2.24) is 15.1 Å². The van der Waals surface area contributed by atoms with Gasteiger partial charge in [0.25, 0.3) is 0 Å². The summed E-state index contributed by atoms with van der Waals surface area (Å²) in [5.74, 6) is 0. The molecule has 0 bridgehead atoms. The molecular weight excluding hydrogens is 329 g/mol. The zero-order valence-electron chi connectivity index (χ0n) is 14.1. The van der Waals surface area contributed by atoms with Crippen molar-refractivity contribution in [2.75, 3.05) is 45.8 Å². The molecule has 3 rings (SSSR count). The van der Waals surface area contributed by atoms with Gasteiger partial charge in [0.2, 0.25) is 0 Å². The molecule has 1 N–H and O–H groups in total. The van der Waals surface area contributed by atoms with Crippen molar-refractivity contribution in [1.29, 1.82) is 0 Å². The largest absolute Gasteiger partial charge is 0.316 e. The molecule has 1 aromatic rings. The van der Waals surface area contributed by atoms with Gasteiger partial charge in [0.05, 0.1) is 0 Å². The van der Waals surface area contributed by atoms with Crippen LogP contribution in [0.1, 0.15) is 25.3 Å². The lowest BCUT2D eigenvalue weighted by Crippen LogP contribution is -2.39. The molecule has 2 saturated heterocycles. The number of hydrogen-bond acceptors (Lipinski definition) is 3. The van der Waals surface area contributed by atoms with Gasteiger partial charge in [-0.1, -0.05) is 30.7 Å². The van der Waals surface area contributed by atoms with Crippen molar-refractivity contribution < 1.29 is 0 Å². The lowest BCUT2D eigenvalue weighted by Gasteiger charge is -2.31. The number of nitrogens with one attached hydrogen (secondary N) is 1. The van der Waals surface area contributed by atoms with E-state index in [4.69, 9.17) is 11.6 Å². The van der Waals surface area contributed by atoms with Crippen molar-refractivity contribution in [3.8, 4) is 0 Å². The summed E-state index contributed by atoms with van der Waals surface area (Å²) in [6.45, 7) is 11.9. The third-order valence-electron chi connectivity index (χ3n) is 5.06. The first-order valence-electron chi connectivity index (χ1n) is 8.53. The highest BCUT2D eigenvalue weighted by atomic mass is 35.5. The first-order valence-corrected chi connectivity index (χ1v) is 8.91. The molecule has 1 aromatic carbocycles. The van der Waals surface area contributed by atoms with Crippen molar-refractivity contribution in [2.45, 2.75) is 26.3 Å². The molecule has 5 heteroatoms. The minimum absolute atomic E-state index is 0. The second-order valence-corrected chi connectivity index (χ2v) is 7.71. The molecule has 23 heavy (non-hydrogen) atoms. The molecule has 3 nitrogen and oxygen atoms in total. The van der Waals surface area contributed by atoms with Gasteiger partial charge in [0.1, 0.15) is 0 Å². The lowest BCUT2D eigenvalue weighted by atomic mass is 9.89. The summed E-state index contributed by atoms with van der Waals surface area (Å²) in [7, 11) is 0. The lowest BCUT2D eigenvalue weighted by molar-refractivity contribution is 0.178. The highest BCUT2D eigenvalue weighted by Gasteiger charge is 2.31. The van der Waals surface area contributed by atoms with Gasteiger partial charge in [-0.05, 0) is 55.6 Å². The molecule has 0 radical (unpaired) electrons. The molecule has 1 unspecified atom stereocenters. The Balaban J connectivity index is 0.00000192. The zero-order valence-corrected chi connectivity index (χ0v) is 15.6. The fraction of sp³-hybridized carbons (Fsp3) is 0.667. The highest BCUT2D eigenvalue weighted by molar-refractivity contribution is 6.30. The maximum Gasteiger partial charge on any atom is 0.0406 e. The van der Waals surface area contributed by atoms with Gasteiger partial charge in [-0.15, -0.1) is 12.4 Å². The quantitative estimate of drug-likeness (QED) is 0.891. The van der Waals surface area contributed by atoms with E-state index in [-0.39, 0.29) is 12.4 Å². The van der Waals surface area contributed by atoms with Gasteiger partial charge in [-0.25, -0.2) is 0 Å². The number of nitrogens with zero attached hydrogens (tertiary/aromatic N) is 2. The van der Waals surface area contributed by atoms with Gasteiger partial charge in [0, 0.05) is 37.7 Å². The van der Waals surface area contributed by atoms with Crippen molar-refractivity contribution in [2.24, 2.45) is 5.41 Å². The van der Waals surface area contributed by atoms with Crippen molar-refractivity contribution in [3.05, 3.63) is 34.9 Å². The maximum absolute atomic E-state index is 5.97. The van der Waals surface area contributed by atoms with Gasteiger partial charge < -0.3 is 10.2 Å². The van der Waals surface area contributed by atoms with E-state index in [9.17, 15) is 0 Å². The average Bonchev–Trinajstić information content (AvgIpc) is 2.81. The molecule has 0 amide bonds. The SMILES string of the molecule is CC1(CN2CCCN(Cc3ccc(Cl)cc3)CC2)CCNC1.Cl. The van der Waals surface area contributed by atoms with Crippen LogP contribution in [0.3, 0.4) is 0 Å². The maximum atomic E-state index is 5.97. The van der Waals surface area contributed by atoms with Gasteiger partial charge >= 0.3 is 0 Å². The van der Waals surface area contributed by atoms with Gasteiger partial charge in [-0.3, -0.25) is 4.90 Å². The Bertz CT molecular complexity index is 472. The average molecular weight is 358 g/mol. The summed E-state index contributed by atoms with van der Waals surface area (Å²) in [5.41, 5.74) is 1.84. The van der Waals surface area contributed by atoms with Crippen molar-refractivity contribution >= 4 is 24.0 Å². The Hall–Kier alpha value is -0.320. The first kappa shape index (κ1) is 19.0. The number of benzene rings is 1. The summed E-state index contributed by atoms with van der Waals surface area (Å²) >= 11 is 5.97. The normalized spacial score (nSPS) is 26.7. The minimum atomic E-state index is 0. The van der Waals surface area contributed by atoms with Crippen LogP contribution < -0.4 is 5.32 Å². The molecule has 2 heterocycles. The van der Waals surface area contributed by atoms with Gasteiger partial charge in [0.15, 0.2) is 0 Å². The molecule has 1 atom stereocenters. The molecule has 0 saturated carbocycles. The van der Waals surface area contributed by atoms with E-state index >= 15 is 0 Å². The van der Waals surface area contributed by atoms with E-state index in [1.165, 1.54) is 64.2 Å². The van der Waals surface area contributed by atoms with E-state index in [1.807, 2.05) is 12.1 Å².